The van der Waals surface area contributed by atoms with Crippen LogP contribution in [0.5, 0.6) is 11.5 Å². The number of hydrogen-bond donors (Lipinski definition) is 1. The smallest absolute Gasteiger partial charge is 0.257 e. The van der Waals surface area contributed by atoms with Gasteiger partial charge < -0.3 is 19.4 Å². The molecule has 1 aliphatic rings. The number of hydrogen-bond acceptors (Lipinski definition) is 5. The van der Waals surface area contributed by atoms with Gasteiger partial charge in [-0.3, -0.25) is 9.59 Å². The van der Waals surface area contributed by atoms with Gasteiger partial charge in [0.1, 0.15) is 23.4 Å². The van der Waals surface area contributed by atoms with Gasteiger partial charge in [0, 0.05) is 30.4 Å². The molecule has 7 heteroatoms. The van der Waals surface area contributed by atoms with Crippen LogP contribution in [0.2, 0.25) is 0 Å². The van der Waals surface area contributed by atoms with Gasteiger partial charge in [-0.05, 0) is 45.9 Å². The number of nitrogens with one attached hydrogen (secondary N) is 1. The zero-order valence-electron chi connectivity index (χ0n) is 19.3. The molecule has 0 saturated carbocycles. The van der Waals surface area contributed by atoms with Gasteiger partial charge in [-0.2, -0.15) is 0 Å². The average Bonchev–Trinajstić information content (AvgIpc) is 3.10. The van der Waals surface area contributed by atoms with E-state index >= 15 is 0 Å². The van der Waals surface area contributed by atoms with Crippen molar-refractivity contribution in [1.82, 2.24) is 14.9 Å². The molecular weight excluding hydrogens is 418 g/mol. The highest BCUT2D eigenvalue weighted by Crippen LogP contribution is 2.41. The Morgan fingerprint density at radius 1 is 1.27 bits per heavy atom. The first kappa shape index (κ1) is 22.4. The van der Waals surface area contributed by atoms with Crippen LogP contribution >= 0.6 is 0 Å². The van der Waals surface area contributed by atoms with Crippen LogP contribution in [0.4, 0.5) is 0 Å². The Morgan fingerprint density at radius 3 is 2.88 bits per heavy atom. The van der Waals surface area contributed by atoms with Crippen molar-refractivity contribution in [3.63, 3.8) is 0 Å². The third-order valence-corrected chi connectivity index (χ3v) is 5.46. The second-order valence-corrected chi connectivity index (χ2v) is 8.59. The Bertz CT molecular complexity index is 1350. The highest BCUT2D eigenvalue weighted by Gasteiger charge is 2.32. The third-order valence-electron chi connectivity index (χ3n) is 5.46. The molecule has 1 aliphatic heterocycles. The van der Waals surface area contributed by atoms with Crippen LogP contribution < -0.4 is 20.2 Å². The number of para-hydroxylation sites is 1. The monoisotopic (exact) mass is 445 g/mol. The molecule has 0 saturated heterocycles. The number of rotatable bonds is 5. The fourth-order valence-corrected chi connectivity index (χ4v) is 3.91. The molecule has 3 aromatic rings. The van der Waals surface area contributed by atoms with Crippen molar-refractivity contribution >= 4 is 16.9 Å². The summed E-state index contributed by atoms with van der Waals surface area (Å²) in [5, 5.41) is 3.12. The number of ether oxygens (including phenoxy) is 2. The molecule has 3 heterocycles. The average molecular weight is 446 g/mol. The topological polar surface area (TPSA) is 82.5 Å². The number of aryl methyl sites for hydroxylation is 2. The van der Waals surface area contributed by atoms with Gasteiger partial charge in [-0.1, -0.05) is 24.0 Å². The van der Waals surface area contributed by atoms with Gasteiger partial charge in [0.2, 0.25) is 5.43 Å². The van der Waals surface area contributed by atoms with E-state index in [0.717, 1.165) is 23.4 Å². The summed E-state index contributed by atoms with van der Waals surface area (Å²) in [7, 11) is 0. The second kappa shape index (κ2) is 8.99. The lowest BCUT2D eigenvalue weighted by Gasteiger charge is -2.17. The predicted molar refractivity (Wildman–Crippen MR) is 127 cm³/mol. The molecule has 1 amide bonds. The molecule has 0 spiro atoms. The molecule has 4 rings (SSSR count). The summed E-state index contributed by atoms with van der Waals surface area (Å²) < 4.78 is 13.6. The van der Waals surface area contributed by atoms with Gasteiger partial charge in [-0.15, -0.1) is 0 Å². The lowest BCUT2D eigenvalue weighted by molar-refractivity contribution is 0.0957. The van der Waals surface area contributed by atoms with Crippen molar-refractivity contribution in [3.05, 3.63) is 63.6 Å². The maximum atomic E-state index is 12.8. The molecular formula is C26H27N3O4. The number of benzene rings is 1. The van der Waals surface area contributed by atoms with Gasteiger partial charge >= 0.3 is 0 Å². The van der Waals surface area contributed by atoms with Crippen LogP contribution in [0.15, 0.2) is 41.3 Å². The molecule has 7 nitrogen and oxygen atoms in total. The molecule has 170 valence electrons. The number of nitrogens with zero attached hydrogens (tertiary/aromatic N) is 2. The van der Waals surface area contributed by atoms with E-state index in [4.69, 9.17) is 9.47 Å². The molecule has 0 atom stereocenters. The molecule has 0 unspecified atom stereocenters. The largest absolute Gasteiger partial charge is 0.483 e. The fourth-order valence-electron chi connectivity index (χ4n) is 3.91. The number of aromatic nitrogens is 2. The van der Waals surface area contributed by atoms with Gasteiger partial charge in [0.05, 0.1) is 11.9 Å². The van der Waals surface area contributed by atoms with Crippen molar-refractivity contribution in [2.45, 2.75) is 46.3 Å². The van der Waals surface area contributed by atoms with E-state index in [1.165, 1.54) is 0 Å². The summed E-state index contributed by atoms with van der Waals surface area (Å²) in [5.74, 6) is 6.72. The highest BCUT2D eigenvalue weighted by molar-refractivity contribution is 5.97. The Labute approximate surface area is 192 Å². The maximum Gasteiger partial charge on any atom is 0.257 e. The number of carbonyl (C=O) groups excluding carboxylic acids is 1. The SMILES string of the molecule is CCn1cc(C(=O)NCC#CCOc2cccc3c2OC(C)(C)C3)c(=O)c2ccc(C)nc21. The first-order valence-corrected chi connectivity index (χ1v) is 11.0. The zero-order chi connectivity index (χ0) is 23.6. The van der Waals surface area contributed by atoms with Crippen LogP contribution in [0, 0.1) is 18.8 Å². The van der Waals surface area contributed by atoms with E-state index in [9.17, 15) is 9.59 Å². The molecule has 2 aromatic heterocycles. The molecule has 0 fully saturated rings. The van der Waals surface area contributed by atoms with E-state index in [1.807, 2.05) is 45.9 Å². The summed E-state index contributed by atoms with van der Waals surface area (Å²) in [5.41, 5.74) is 2.01. The number of pyridine rings is 2. The maximum absolute atomic E-state index is 12.8. The molecule has 0 radical (unpaired) electrons. The number of amides is 1. The minimum absolute atomic E-state index is 0.0765. The van der Waals surface area contributed by atoms with E-state index in [2.05, 4.69) is 22.1 Å². The third kappa shape index (κ3) is 4.70. The first-order chi connectivity index (χ1) is 15.8. The van der Waals surface area contributed by atoms with E-state index < -0.39 is 5.91 Å². The fraction of sp³-hybridized carbons (Fsp3) is 0.346. The molecule has 0 aliphatic carbocycles. The Balaban J connectivity index is 1.38. The van der Waals surface area contributed by atoms with Crippen LogP contribution in [-0.4, -0.2) is 34.2 Å². The minimum atomic E-state index is -0.462. The molecule has 1 aromatic carbocycles. The summed E-state index contributed by atoms with van der Waals surface area (Å²) in [4.78, 5) is 29.9. The summed E-state index contributed by atoms with van der Waals surface area (Å²) in [6.45, 7) is 8.76. The van der Waals surface area contributed by atoms with Crippen molar-refractivity contribution in [2.75, 3.05) is 13.2 Å². The Hall–Kier alpha value is -3.79. The summed E-state index contributed by atoms with van der Waals surface area (Å²) in [6, 6.07) is 9.32. The lowest BCUT2D eigenvalue weighted by Crippen LogP contribution is -2.30. The van der Waals surface area contributed by atoms with Gasteiger partial charge in [0.15, 0.2) is 11.5 Å². The van der Waals surface area contributed by atoms with Crippen LogP contribution in [0.3, 0.4) is 0 Å². The van der Waals surface area contributed by atoms with E-state index in [0.29, 0.717) is 23.3 Å². The number of carbonyl (C=O) groups is 1. The zero-order valence-corrected chi connectivity index (χ0v) is 19.3. The number of fused-ring (bicyclic) bond motifs is 2. The van der Waals surface area contributed by atoms with Gasteiger partial charge in [-0.25, -0.2) is 4.98 Å². The Kier molecular flexibility index (Phi) is 6.10. The minimum Gasteiger partial charge on any atom is -0.483 e. The summed E-state index contributed by atoms with van der Waals surface area (Å²) >= 11 is 0. The first-order valence-electron chi connectivity index (χ1n) is 11.0. The molecule has 33 heavy (non-hydrogen) atoms. The quantitative estimate of drug-likeness (QED) is 0.610. The van der Waals surface area contributed by atoms with Crippen LogP contribution in [0.25, 0.3) is 11.0 Å². The molecule has 1 N–H and O–H groups in total. The van der Waals surface area contributed by atoms with Crippen molar-refractivity contribution in [1.29, 1.82) is 0 Å². The molecule has 0 bridgehead atoms. The van der Waals surface area contributed by atoms with E-state index in [-0.39, 0.29) is 29.7 Å². The predicted octanol–water partition coefficient (Wildman–Crippen LogP) is 3.25. The standard InChI is InChI=1S/C26H27N3O4/c1-5-29-16-20(22(30)19-12-11-17(2)28-24(19)29)25(31)27-13-6-7-14-32-21-10-8-9-18-15-26(3,4)33-23(18)21/h8-12,16H,5,13-15H2,1-4H3,(H,27,31). The summed E-state index contributed by atoms with van der Waals surface area (Å²) in [6.07, 6.45) is 2.39. The lowest BCUT2D eigenvalue weighted by atomic mass is 10.0. The highest BCUT2D eigenvalue weighted by atomic mass is 16.5. The van der Waals surface area contributed by atoms with Crippen molar-refractivity contribution in [2.24, 2.45) is 0 Å². The normalized spacial score (nSPS) is 13.6. The van der Waals surface area contributed by atoms with Crippen molar-refractivity contribution in [3.8, 4) is 23.3 Å². The van der Waals surface area contributed by atoms with E-state index in [1.54, 1.807) is 22.9 Å². The van der Waals surface area contributed by atoms with Crippen LogP contribution in [0.1, 0.15) is 42.4 Å². The van der Waals surface area contributed by atoms with Crippen LogP contribution in [-0.2, 0) is 13.0 Å². The van der Waals surface area contributed by atoms with Crippen molar-refractivity contribution < 1.29 is 14.3 Å². The van der Waals surface area contributed by atoms with Gasteiger partial charge in [0.25, 0.3) is 5.91 Å². The second-order valence-electron chi connectivity index (χ2n) is 8.59. The Morgan fingerprint density at radius 2 is 2.09 bits per heavy atom.